The van der Waals surface area contributed by atoms with E-state index in [4.69, 9.17) is 9.47 Å². The van der Waals surface area contributed by atoms with Crippen LogP contribution >= 0.6 is 15.9 Å². The lowest BCUT2D eigenvalue weighted by molar-refractivity contribution is -0.143. The summed E-state index contributed by atoms with van der Waals surface area (Å²) in [5.74, 6) is -2.12. The SMILES string of the molecule is CCOC(=O)CCC(C(=O)COC)C(=O)c1cncc(Br)c1. The van der Waals surface area contributed by atoms with Gasteiger partial charge in [-0.15, -0.1) is 0 Å². The van der Waals surface area contributed by atoms with E-state index in [1.165, 1.54) is 13.3 Å². The maximum Gasteiger partial charge on any atom is 0.305 e. The molecule has 1 rings (SSSR count). The van der Waals surface area contributed by atoms with Crippen LogP contribution in [0.5, 0.6) is 0 Å². The van der Waals surface area contributed by atoms with Gasteiger partial charge in [0.2, 0.25) is 0 Å². The summed E-state index contributed by atoms with van der Waals surface area (Å²) in [5.41, 5.74) is 0.313. The fourth-order valence-electron chi connectivity index (χ4n) is 1.92. The Morgan fingerprint density at radius 1 is 1.32 bits per heavy atom. The molecule has 0 N–H and O–H groups in total. The van der Waals surface area contributed by atoms with Gasteiger partial charge in [0.25, 0.3) is 0 Å². The Morgan fingerprint density at radius 3 is 2.64 bits per heavy atom. The zero-order valence-corrected chi connectivity index (χ0v) is 14.1. The maximum absolute atomic E-state index is 12.5. The molecule has 0 bridgehead atoms. The van der Waals surface area contributed by atoms with Gasteiger partial charge in [0.1, 0.15) is 6.61 Å². The van der Waals surface area contributed by atoms with Crippen molar-refractivity contribution in [1.29, 1.82) is 0 Å². The molecule has 0 aliphatic rings. The molecule has 1 atom stereocenters. The Bertz CT molecular complexity index is 546. The van der Waals surface area contributed by atoms with Gasteiger partial charge in [-0.25, -0.2) is 0 Å². The largest absolute Gasteiger partial charge is 0.466 e. The molecule has 0 aromatic carbocycles. The summed E-state index contributed by atoms with van der Waals surface area (Å²) in [4.78, 5) is 39.9. The number of aromatic nitrogens is 1. The van der Waals surface area contributed by atoms with Crippen molar-refractivity contribution >= 4 is 33.5 Å². The molecule has 0 amide bonds. The molecule has 0 aliphatic carbocycles. The van der Waals surface area contributed by atoms with Gasteiger partial charge in [0, 0.05) is 36.0 Å². The van der Waals surface area contributed by atoms with Crippen LogP contribution in [-0.4, -0.2) is 42.8 Å². The minimum atomic E-state index is -0.944. The molecule has 1 aromatic heterocycles. The number of Topliss-reactive ketones (excluding diaryl/α,β-unsaturated/α-hetero) is 2. The third-order valence-electron chi connectivity index (χ3n) is 2.92. The van der Waals surface area contributed by atoms with Crippen LogP contribution < -0.4 is 0 Å². The number of hydrogen-bond acceptors (Lipinski definition) is 6. The first-order chi connectivity index (χ1) is 10.5. The summed E-state index contributed by atoms with van der Waals surface area (Å²) >= 11 is 3.23. The Morgan fingerprint density at radius 2 is 2.05 bits per heavy atom. The van der Waals surface area contributed by atoms with Crippen molar-refractivity contribution in [1.82, 2.24) is 4.98 Å². The van der Waals surface area contributed by atoms with E-state index in [9.17, 15) is 14.4 Å². The smallest absolute Gasteiger partial charge is 0.305 e. The number of esters is 1. The third kappa shape index (κ3) is 5.65. The molecule has 0 radical (unpaired) electrons. The van der Waals surface area contributed by atoms with E-state index in [2.05, 4.69) is 20.9 Å². The Balaban J connectivity index is 2.87. The van der Waals surface area contributed by atoms with Crippen LogP contribution in [0.1, 0.15) is 30.1 Å². The van der Waals surface area contributed by atoms with Gasteiger partial charge in [-0.3, -0.25) is 19.4 Å². The van der Waals surface area contributed by atoms with Crippen LogP contribution in [0.4, 0.5) is 0 Å². The van der Waals surface area contributed by atoms with Crippen LogP contribution in [0.15, 0.2) is 22.9 Å². The molecular weight excluding hydrogens is 354 g/mol. The lowest BCUT2D eigenvalue weighted by atomic mass is 9.90. The summed E-state index contributed by atoms with van der Waals surface area (Å²) in [7, 11) is 1.38. The fourth-order valence-corrected chi connectivity index (χ4v) is 2.29. The van der Waals surface area contributed by atoms with Crippen molar-refractivity contribution in [3.8, 4) is 0 Å². The molecule has 0 spiro atoms. The molecule has 1 unspecified atom stereocenters. The van der Waals surface area contributed by atoms with Crippen molar-refractivity contribution < 1.29 is 23.9 Å². The van der Waals surface area contributed by atoms with E-state index in [-0.39, 0.29) is 37.6 Å². The molecule has 0 saturated heterocycles. The molecular formula is C15H18BrNO5. The maximum atomic E-state index is 12.5. The second-order valence-electron chi connectivity index (χ2n) is 4.55. The highest BCUT2D eigenvalue weighted by molar-refractivity contribution is 9.10. The van der Waals surface area contributed by atoms with E-state index in [0.29, 0.717) is 10.0 Å². The second-order valence-corrected chi connectivity index (χ2v) is 5.47. The zero-order chi connectivity index (χ0) is 16.5. The number of methoxy groups -OCH3 is 1. The molecule has 120 valence electrons. The zero-order valence-electron chi connectivity index (χ0n) is 12.5. The highest BCUT2D eigenvalue weighted by Crippen LogP contribution is 2.18. The lowest BCUT2D eigenvalue weighted by Crippen LogP contribution is -2.28. The van der Waals surface area contributed by atoms with Crippen molar-refractivity contribution in [3.63, 3.8) is 0 Å². The minimum Gasteiger partial charge on any atom is -0.466 e. The van der Waals surface area contributed by atoms with Gasteiger partial charge in [-0.2, -0.15) is 0 Å². The van der Waals surface area contributed by atoms with Gasteiger partial charge in [-0.05, 0) is 35.3 Å². The average molecular weight is 372 g/mol. The summed E-state index contributed by atoms with van der Waals surface area (Å²) in [5, 5.41) is 0. The molecule has 22 heavy (non-hydrogen) atoms. The van der Waals surface area contributed by atoms with Gasteiger partial charge in [0.05, 0.1) is 12.5 Å². The number of carbonyl (C=O) groups excluding carboxylic acids is 3. The highest BCUT2D eigenvalue weighted by Gasteiger charge is 2.28. The van der Waals surface area contributed by atoms with E-state index in [1.807, 2.05) is 0 Å². The molecule has 0 saturated carbocycles. The number of ether oxygens (including phenoxy) is 2. The monoisotopic (exact) mass is 371 g/mol. The fraction of sp³-hybridized carbons (Fsp3) is 0.467. The number of carbonyl (C=O) groups is 3. The van der Waals surface area contributed by atoms with Crippen LogP contribution in [0.3, 0.4) is 0 Å². The van der Waals surface area contributed by atoms with Crippen molar-refractivity contribution in [3.05, 3.63) is 28.5 Å². The van der Waals surface area contributed by atoms with Gasteiger partial charge in [-0.1, -0.05) is 0 Å². The Hall–Kier alpha value is -1.60. The number of halogens is 1. The molecule has 7 heteroatoms. The first-order valence-corrected chi connectivity index (χ1v) is 7.60. The Kier molecular flexibility index (Phi) is 7.90. The van der Waals surface area contributed by atoms with Crippen LogP contribution in [-0.2, 0) is 19.1 Å². The second kappa shape index (κ2) is 9.42. The topological polar surface area (TPSA) is 82.6 Å². The van der Waals surface area contributed by atoms with Crippen molar-refractivity contribution in [2.24, 2.45) is 5.92 Å². The summed E-state index contributed by atoms with van der Waals surface area (Å²) in [6.45, 7) is 1.78. The molecule has 6 nitrogen and oxygen atoms in total. The minimum absolute atomic E-state index is 0.00112. The molecule has 0 fully saturated rings. The summed E-state index contributed by atoms with van der Waals surface area (Å²) in [6, 6.07) is 1.59. The van der Waals surface area contributed by atoms with Crippen LogP contribution in [0.25, 0.3) is 0 Å². The predicted molar refractivity (Wildman–Crippen MR) is 82.5 cm³/mol. The van der Waals surface area contributed by atoms with Gasteiger partial charge < -0.3 is 9.47 Å². The molecule has 1 aromatic rings. The normalized spacial score (nSPS) is 11.8. The number of nitrogens with zero attached hydrogens (tertiary/aromatic N) is 1. The first kappa shape index (κ1) is 18.4. The summed E-state index contributed by atoms with van der Waals surface area (Å²) < 4.78 is 10.3. The molecule has 0 aliphatic heterocycles. The Labute approximate surface area is 137 Å². The lowest BCUT2D eigenvalue weighted by Gasteiger charge is -2.14. The quantitative estimate of drug-likeness (QED) is 0.376. The van der Waals surface area contributed by atoms with E-state index in [0.717, 1.165) is 0 Å². The van der Waals surface area contributed by atoms with Crippen molar-refractivity contribution in [2.45, 2.75) is 19.8 Å². The standard InChI is InChI=1S/C15H18BrNO5/c1-3-22-14(19)5-4-12(13(18)9-21-2)15(20)10-6-11(16)8-17-7-10/h6-8,12H,3-5,9H2,1-2H3. The van der Waals surface area contributed by atoms with Crippen molar-refractivity contribution in [2.75, 3.05) is 20.3 Å². The highest BCUT2D eigenvalue weighted by atomic mass is 79.9. The first-order valence-electron chi connectivity index (χ1n) is 6.81. The van der Waals surface area contributed by atoms with Gasteiger partial charge >= 0.3 is 5.97 Å². The number of hydrogen-bond donors (Lipinski definition) is 0. The van der Waals surface area contributed by atoms with Crippen LogP contribution in [0.2, 0.25) is 0 Å². The van der Waals surface area contributed by atoms with E-state index in [1.54, 1.807) is 19.2 Å². The number of rotatable bonds is 9. The number of pyridine rings is 1. The van der Waals surface area contributed by atoms with Crippen LogP contribution in [0, 0.1) is 5.92 Å². The van der Waals surface area contributed by atoms with Gasteiger partial charge in [0.15, 0.2) is 11.6 Å². The predicted octanol–water partition coefficient (Wildman–Crippen LogP) is 2.20. The van der Waals surface area contributed by atoms with E-state index >= 15 is 0 Å². The average Bonchev–Trinajstić information content (AvgIpc) is 2.47. The van der Waals surface area contributed by atoms with E-state index < -0.39 is 11.9 Å². The summed E-state index contributed by atoms with van der Waals surface area (Å²) in [6.07, 6.45) is 3.03. The molecule has 1 heterocycles. The number of ketones is 2. The third-order valence-corrected chi connectivity index (χ3v) is 3.36.